The van der Waals surface area contributed by atoms with E-state index in [4.69, 9.17) is 9.73 Å². The third kappa shape index (κ3) is 3.87. The molecule has 128 valence electrons. The van der Waals surface area contributed by atoms with E-state index in [0.717, 1.165) is 48.7 Å². The van der Waals surface area contributed by atoms with Crippen molar-refractivity contribution in [3.63, 3.8) is 0 Å². The van der Waals surface area contributed by atoms with E-state index < -0.39 is 0 Å². The van der Waals surface area contributed by atoms with Crippen LogP contribution in [0.1, 0.15) is 25.0 Å². The molecule has 0 bridgehead atoms. The smallest absolute Gasteiger partial charge is 0.222 e. The lowest BCUT2D eigenvalue weighted by Gasteiger charge is -2.15. The molecule has 1 aliphatic rings. The predicted molar refractivity (Wildman–Crippen MR) is 95.7 cm³/mol. The van der Waals surface area contributed by atoms with Gasteiger partial charge in [-0.25, -0.2) is 4.99 Å². The normalized spacial score (nSPS) is 15.3. The summed E-state index contributed by atoms with van der Waals surface area (Å²) in [4.78, 5) is 19.4. The predicted octanol–water partition coefficient (Wildman–Crippen LogP) is 3.11. The van der Waals surface area contributed by atoms with Crippen molar-refractivity contribution >= 4 is 22.9 Å². The van der Waals surface area contributed by atoms with E-state index in [9.17, 15) is 4.79 Å². The Morgan fingerprint density at radius 3 is 2.71 bits per heavy atom. The highest BCUT2D eigenvalue weighted by Crippen LogP contribution is 2.17. The highest BCUT2D eigenvalue weighted by Gasteiger charge is 2.19. The van der Waals surface area contributed by atoms with Gasteiger partial charge in [-0.05, 0) is 44.0 Å². The molecule has 6 heteroatoms. The Hall–Kier alpha value is -2.08. The van der Waals surface area contributed by atoms with E-state index >= 15 is 0 Å². The number of carbonyl (C=O) groups excluding carboxylic acids is 1. The first kappa shape index (κ1) is 16.8. The largest absolute Gasteiger partial charge is 0.497 e. The molecule has 0 unspecified atom stereocenters. The van der Waals surface area contributed by atoms with Crippen LogP contribution in [0.2, 0.25) is 0 Å². The second kappa shape index (κ2) is 7.66. The van der Waals surface area contributed by atoms with Gasteiger partial charge < -0.3 is 14.2 Å². The van der Waals surface area contributed by atoms with E-state index in [0.29, 0.717) is 12.3 Å². The number of rotatable bonds is 6. The summed E-state index contributed by atoms with van der Waals surface area (Å²) in [6, 6.07) is 7.76. The molecule has 1 aromatic heterocycles. The van der Waals surface area contributed by atoms with Gasteiger partial charge in [0.1, 0.15) is 5.75 Å². The van der Waals surface area contributed by atoms with Crippen molar-refractivity contribution in [1.82, 2.24) is 9.47 Å². The molecule has 0 aliphatic carbocycles. The van der Waals surface area contributed by atoms with Gasteiger partial charge in [-0.15, -0.1) is 11.3 Å². The molecule has 0 saturated carbocycles. The summed E-state index contributed by atoms with van der Waals surface area (Å²) in [7, 11) is 1.66. The minimum absolute atomic E-state index is 0.296. The molecule has 0 radical (unpaired) electrons. The van der Waals surface area contributed by atoms with Crippen LogP contribution in [0.3, 0.4) is 0 Å². The summed E-state index contributed by atoms with van der Waals surface area (Å²) >= 11 is 1.65. The molecule has 1 fully saturated rings. The molecule has 1 amide bonds. The number of likely N-dealkylation sites (tertiary alicyclic amines) is 1. The first-order chi connectivity index (χ1) is 11.7. The third-order valence-electron chi connectivity index (χ3n) is 4.27. The highest BCUT2D eigenvalue weighted by atomic mass is 32.1. The maximum Gasteiger partial charge on any atom is 0.222 e. The third-order valence-corrected chi connectivity index (χ3v) is 5.25. The van der Waals surface area contributed by atoms with E-state index in [1.807, 2.05) is 29.2 Å². The lowest BCUT2D eigenvalue weighted by molar-refractivity contribution is -0.127. The first-order valence-electron chi connectivity index (χ1n) is 8.29. The van der Waals surface area contributed by atoms with Crippen molar-refractivity contribution in [2.75, 3.05) is 20.2 Å². The number of hydrogen-bond donors (Lipinski definition) is 0. The fourth-order valence-electron chi connectivity index (χ4n) is 2.90. The second-order valence-corrected chi connectivity index (χ2v) is 6.80. The van der Waals surface area contributed by atoms with E-state index in [2.05, 4.69) is 16.9 Å². The van der Waals surface area contributed by atoms with Crippen molar-refractivity contribution in [2.45, 2.75) is 32.7 Å². The summed E-state index contributed by atoms with van der Waals surface area (Å²) < 4.78 is 7.41. The van der Waals surface area contributed by atoms with Crippen LogP contribution < -0.4 is 9.54 Å². The standard InChI is InChI=1S/C18H23N3O2S/c1-14-13-24-18(19-15-6-8-16(23-2)9-7-15)21(14)12-4-11-20-10-3-5-17(20)22/h6-9,13H,3-5,10-12H2,1-2H3. The molecule has 24 heavy (non-hydrogen) atoms. The van der Waals surface area contributed by atoms with Crippen molar-refractivity contribution in [2.24, 2.45) is 4.99 Å². The van der Waals surface area contributed by atoms with Crippen LogP contribution in [0.5, 0.6) is 5.75 Å². The average Bonchev–Trinajstić information content (AvgIpc) is 3.15. The SMILES string of the molecule is COc1ccc(N=c2scc(C)n2CCCN2CCCC2=O)cc1. The minimum atomic E-state index is 0.296. The Kier molecular flexibility index (Phi) is 5.35. The number of hydrogen-bond acceptors (Lipinski definition) is 4. The lowest BCUT2D eigenvalue weighted by atomic mass is 10.3. The highest BCUT2D eigenvalue weighted by molar-refractivity contribution is 7.07. The zero-order valence-electron chi connectivity index (χ0n) is 14.2. The number of methoxy groups -OCH3 is 1. The van der Waals surface area contributed by atoms with Gasteiger partial charge in [0.05, 0.1) is 12.8 Å². The van der Waals surface area contributed by atoms with Crippen LogP contribution in [-0.2, 0) is 11.3 Å². The summed E-state index contributed by atoms with van der Waals surface area (Å²) in [5.74, 6) is 1.13. The number of aryl methyl sites for hydroxylation is 1. The monoisotopic (exact) mass is 345 g/mol. The van der Waals surface area contributed by atoms with E-state index in [-0.39, 0.29) is 0 Å². The number of thiazole rings is 1. The van der Waals surface area contributed by atoms with Crippen molar-refractivity contribution in [3.05, 3.63) is 40.1 Å². The molecule has 5 nitrogen and oxygen atoms in total. The Morgan fingerprint density at radius 1 is 1.25 bits per heavy atom. The zero-order chi connectivity index (χ0) is 16.9. The summed E-state index contributed by atoms with van der Waals surface area (Å²) in [5.41, 5.74) is 2.13. The topological polar surface area (TPSA) is 46.8 Å². The number of amides is 1. The molecule has 0 N–H and O–H groups in total. The fraction of sp³-hybridized carbons (Fsp3) is 0.444. The number of benzene rings is 1. The van der Waals surface area contributed by atoms with Gasteiger partial charge in [0.2, 0.25) is 5.91 Å². The van der Waals surface area contributed by atoms with Crippen LogP contribution in [0, 0.1) is 6.92 Å². The van der Waals surface area contributed by atoms with Gasteiger partial charge in [-0.1, -0.05) is 0 Å². The van der Waals surface area contributed by atoms with Crippen LogP contribution in [-0.4, -0.2) is 35.6 Å². The Bertz CT molecular complexity index is 761. The van der Waals surface area contributed by atoms with Crippen molar-refractivity contribution in [1.29, 1.82) is 0 Å². The molecule has 1 aliphatic heterocycles. The number of aromatic nitrogens is 1. The second-order valence-electron chi connectivity index (χ2n) is 5.96. The quantitative estimate of drug-likeness (QED) is 0.807. The van der Waals surface area contributed by atoms with Crippen LogP contribution >= 0.6 is 11.3 Å². The molecule has 2 aromatic rings. The van der Waals surface area contributed by atoms with Crippen LogP contribution in [0.25, 0.3) is 0 Å². The van der Waals surface area contributed by atoms with Crippen LogP contribution in [0.15, 0.2) is 34.6 Å². The molecular weight excluding hydrogens is 322 g/mol. The Balaban J connectivity index is 1.70. The van der Waals surface area contributed by atoms with Gasteiger partial charge in [-0.2, -0.15) is 0 Å². The summed E-state index contributed by atoms with van der Waals surface area (Å²) in [5, 5.41) is 2.13. The van der Waals surface area contributed by atoms with Gasteiger partial charge in [0.25, 0.3) is 0 Å². The van der Waals surface area contributed by atoms with E-state index in [1.165, 1.54) is 5.69 Å². The van der Waals surface area contributed by atoms with Gasteiger partial charge in [0.15, 0.2) is 4.80 Å². The molecule has 3 rings (SSSR count). The molecule has 0 spiro atoms. The van der Waals surface area contributed by atoms with Crippen LogP contribution in [0.4, 0.5) is 5.69 Å². The molecule has 1 saturated heterocycles. The number of nitrogens with zero attached hydrogens (tertiary/aromatic N) is 3. The lowest BCUT2D eigenvalue weighted by Crippen LogP contribution is -2.27. The molecule has 2 heterocycles. The minimum Gasteiger partial charge on any atom is -0.497 e. The van der Waals surface area contributed by atoms with Crippen molar-refractivity contribution in [3.8, 4) is 5.75 Å². The van der Waals surface area contributed by atoms with Gasteiger partial charge in [0, 0.05) is 37.1 Å². The Labute approximate surface area is 146 Å². The van der Waals surface area contributed by atoms with Gasteiger partial charge in [-0.3, -0.25) is 4.79 Å². The van der Waals surface area contributed by atoms with Crippen molar-refractivity contribution < 1.29 is 9.53 Å². The number of carbonyl (C=O) groups is 1. The first-order valence-corrected chi connectivity index (χ1v) is 9.17. The fourth-order valence-corrected chi connectivity index (χ4v) is 3.83. The summed E-state index contributed by atoms with van der Waals surface area (Å²) in [6.07, 6.45) is 2.67. The molecule has 0 atom stereocenters. The molecule has 1 aromatic carbocycles. The molecular formula is C18H23N3O2S. The van der Waals surface area contributed by atoms with Gasteiger partial charge >= 0.3 is 0 Å². The van der Waals surface area contributed by atoms with E-state index in [1.54, 1.807) is 18.4 Å². The Morgan fingerprint density at radius 2 is 2.04 bits per heavy atom. The summed E-state index contributed by atoms with van der Waals surface area (Å²) in [6.45, 7) is 4.73. The maximum atomic E-state index is 11.7. The maximum absolute atomic E-state index is 11.7. The average molecular weight is 345 g/mol. The zero-order valence-corrected chi connectivity index (χ0v) is 15.0. The number of ether oxygens (including phenoxy) is 1.